The van der Waals surface area contributed by atoms with Crippen molar-refractivity contribution in [3.05, 3.63) is 39.9 Å². The van der Waals surface area contributed by atoms with E-state index < -0.39 is 0 Å². The van der Waals surface area contributed by atoms with E-state index in [1.54, 1.807) is 18.2 Å². The second-order valence-electron chi connectivity index (χ2n) is 5.86. The Morgan fingerprint density at radius 1 is 1.23 bits per heavy atom. The molecule has 0 aliphatic rings. The number of hydrogen-bond donors (Lipinski definition) is 0. The minimum absolute atomic E-state index is 0.0561. The SMILES string of the molecule is CCCCC[C@H](CN(C)C)C(=O)/C=C\c1ccc(Cl)c(Cl)c1. The topological polar surface area (TPSA) is 20.3 Å². The van der Waals surface area contributed by atoms with Crippen molar-refractivity contribution < 1.29 is 4.79 Å². The van der Waals surface area contributed by atoms with Crippen LogP contribution in [0.4, 0.5) is 0 Å². The van der Waals surface area contributed by atoms with E-state index in [1.807, 2.05) is 26.2 Å². The number of allylic oxidation sites excluding steroid dienone is 1. The van der Waals surface area contributed by atoms with Crippen LogP contribution in [0.2, 0.25) is 10.0 Å². The molecule has 1 aromatic rings. The maximum absolute atomic E-state index is 12.4. The minimum Gasteiger partial charge on any atom is -0.309 e. The zero-order chi connectivity index (χ0) is 16.5. The Balaban J connectivity index is 2.71. The minimum atomic E-state index is 0.0561. The van der Waals surface area contributed by atoms with Crippen molar-refractivity contribution in [1.29, 1.82) is 0 Å². The number of hydrogen-bond acceptors (Lipinski definition) is 2. The van der Waals surface area contributed by atoms with Gasteiger partial charge in [0.15, 0.2) is 5.78 Å². The molecule has 0 aliphatic heterocycles. The molecule has 0 unspecified atom stereocenters. The Morgan fingerprint density at radius 2 is 1.95 bits per heavy atom. The molecule has 0 amide bonds. The molecule has 0 spiro atoms. The maximum Gasteiger partial charge on any atom is 0.160 e. The van der Waals surface area contributed by atoms with E-state index in [2.05, 4.69) is 11.8 Å². The third-order valence-electron chi connectivity index (χ3n) is 3.53. The zero-order valence-corrected chi connectivity index (χ0v) is 15.1. The Bertz CT molecular complexity index is 512. The average Bonchev–Trinajstić information content (AvgIpc) is 2.47. The molecule has 0 bridgehead atoms. The van der Waals surface area contributed by atoms with Gasteiger partial charge in [0.25, 0.3) is 0 Å². The number of carbonyl (C=O) groups excluding carboxylic acids is 1. The number of halogens is 2. The quantitative estimate of drug-likeness (QED) is 0.446. The third-order valence-corrected chi connectivity index (χ3v) is 4.27. The van der Waals surface area contributed by atoms with Crippen molar-refractivity contribution in [2.24, 2.45) is 5.92 Å². The van der Waals surface area contributed by atoms with Crippen LogP contribution in [0.25, 0.3) is 6.08 Å². The fourth-order valence-electron chi connectivity index (χ4n) is 2.34. The van der Waals surface area contributed by atoms with Crippen LogP contribution in [0, 0.1) is 5.92 Å². The molecule has 2 nitrogen and oxygen atoms in total. The molecule has 122 valence electrons. The Morgan fingerprint density at radius 3 is 2.55 bits per heavy atom. The molecular formula is C18H25Cl2NO. The summed E-state index contributed by atoms with van der Waals surface area (Å²) in [6.45, 7) is 2.96. The largest absolute Gasteiger partial charge is 0.309 e. The molecule has 0 aromatic heterocycles. The van der Waals surface area contributed by atoms with Crippen molar-refractivity contribution in [2.75, 3.05) is 20.6 Å². The summed E-state index contributed by atoms with van der Waals surface area (Å²) in [4.78, 5) is 14.5. The van der Waals surface area contributed by atoms with Gasteiger partial charge in [-0.15, -0.1) is 0 Å². The van der Waals surface area contributed by atoms with Gasteiger partial charge in [-0.3, -0.25) is 4.79 Å². The Kier molecular flexibility index (Phi) is 8.77. The average molecular weight is 342 g/mol. The smallest absolute Gasteiger partial charge is 0.160 e. The highest BCUT2D eigenvalue weighted by Crippen LogP contribution is 2.23. The summed E-state index contributed by atoms with van der Waals surface area (Å²) in [6, 6.07) is 5.37. The normalized spacial score (nSPS) is 13.0. The summed E-state index contributed by atoms with van der Waals surface area (Å²) >= 11 is 11.9. The summed E-state index contributed by atoms with van der Waals surface area (Å²) in [5.74, 6) is 0.233. The highest BCUT2D eigenvalue weighted by molar-refractivity contribution is 6.42. The van der Waals surface area contributed by atoms with Gasteiger partial charge in [-0.2, -0.15) is 0 Å². The standard InChI is InChI=1S/C18H25Cl2NO/c1-4-5-6-7-15(13-21(2)3)18(22)11-9-14-8-10-16(19)17(20)12-14/h8-12,15H,4-7,13H2,1-3H3/b11-9-/t15-/m1/s1. The lowest BCUT2D eigenvalue weighted by Crippen LogP contribution is -2.27. The van der Waals surface area contributed by atoms with Crippen LogP contribution in [0.5, 0.6) is 0 Å². The first-order valence-electron chi connectivity index (χ1n) is 7.75. The van der Waals surface area contributed by atoms with Gasteiger partial charge < -0.3 is 4.90 Å². The number of carbonyl (C=O) groups is 1. The van der Waals surface area contributed by atoms with Crippen LogP contribution in [0.1, 0.15) is 38.2 Å². The van der Waals surface area contributed by atoms with Gasteiger partial charge in [-0.1, -0.05) is 61.5 Å². The Hall–Kier alpha value is -0.830. The molecule has 0 radical (unpaired) electrons. The van der Waals surface area contributed by atoms with Crippen LogP contribution in [0.15, 0.2) is 24.3 Å². The van der Waals surface area contributed by atoms with Crippen LogP contribution in [0.3, 0.4) is 0 Å². The highest BCUT2D eigenvalue weighted by atomic mass is 35.5. The second-order valence-corrected chi connectivity index (χ2v) is 6.68. The van der Waals surface area contributed by atoms with Crippen LogP contribution in [-0.4, -0.2) is 31.3 Å². The van der Waals surface area contributed by atoms with E-state index >= 15 is 0 Å². The molecule has 0 fully saturated rings. The van der Waals surface area contributed by atoms with Crippen LogP contribution < -0.4 is 0 Å². The number of benzene rings is 1. The van der Waals surface area contributed by atoms with E-state index in [1.165, 1.54) is 12.8 Å². The molecular weight excluding hydrogens is 317 g/mol. The fourth-order valence-corrected chi connectivity index (χ4v) is 2.64. The molecule has 1 rings (SSSR count). The van der Waals surface area contributed by atoms with Gasteiger partial charge in [0.1, 0.15) is 0 Å². The fraction of sp³-hybridized carbons (Fsp3) is 0.500. The van der Waals surface area contributed by atoms with E-state index in [4.69, 9.17) is 23.2 Å². The monoisotopic (exact) mass is 341 g/mol. The predicted molar refractivity (Wildman–Crippen MR) is 96.7 cm³/mol. The molecule has 1 aromatic carbocycles. The van der Waals surface area contributed by atoms with Gasteiger partial charge in [0.2, 0.25) is 0 Å². The van der Waals surface area contributed by atoms with Gasteiger partial charge in [0.05, 0.1) is 10.0 Å². The molecule has 0 heterocycles. The van der Waals surface area contributed by atoms with E-state index in [9.17, 15) is 4.79 Å². The molecule has 0 saturated carbocycles. The van der Waals surface area contributed by atoms with E-state index in [-0.39, 0.29) is 11.7 Å². The first-order chi connectivity index (χ1) is 10.4. The third kappa shape index (κ3) is 6.95. The second kappa shape index (κ2) is 10.0. The predicted octanol–water partition coefficient (Wildman–Crippen LogP) is 5.33. The van der Waals surface area contributed by atoms with Crippen molar-refractivity contribution in [3.8, 4) is 0 Å². The molecule has 0 aliphatic carbocycles. The zero-order valence-electron chi connectivity index (χ0n) is 13.6. The number of nitrogens with zero attached hydrogens (tertiary/aromatic N) is 1. The first kappa shape index (κ1) is 19.2. The summed E-state index contributed by atoms with van der Waals surface area (Å²) in [6.07, 6.45) is 7.86. The van der Waals surface area contributed by atoms with Gasteiger partial charge >= 0.3 is 0 Å². The highest BCUT2D eigenvalue weighted by Gasteiger charge is 2.16. The summed E-state index contributed by atoms with van der Waals surface area (Å²) in [5.41, 5.74) is 0.889. The van der Waals surface area contributed by atoms with Crippen LogP contribution >= 0.6 is 23.2 Å². The van der Waals surface area contributed by atoms with Crippen molar-refractivity contribution in [2.45, 2.75) is 32.6 Å². The van der Waals surface area contributed by atoms with Crippen molar-refractivity contribution in [1.82, 2.24) is 4.90 Å². The van der Waals surface area contributed by atoms with Gasteiger partial charge in [0, 0.05) is 12.5 Å². The summed E-state index contributed by atoms with van der Waals surface area (Å²) in [7, 11) is 4.01. The lowest BCUT2D eigenvalue weighted by molar-refractivity contribution is -0.118. The molecule has 4 heteroatoms. The van der Waals surface area contributed by atoms with Gasteiger partial charge in [-0.05, 0) is 44.3 Å². The first-order valence-corrected chi connectivity index (χ1v) is 8.51. The lowest BCUT2D eigenvalue weighted by atomic mass is 9.95. The van der Waals surface area contributed by atoms with Gasteiger partial charge in [-0.25, -0.2) is 0 Å². The molecule has 0 N–H and O–H groups in total. The summed E-state index contributed by atoms with van der Waals surface area (Å²) < 4.78 is 0. The lowest BCUT2D eigenvalue weighted by Gasteiger charge is -2.18. The molecule has 1 atom stereocenters. The van der Waals surface area contributed by atoms with Crippen molar-refractivity contribution >= 4 is 35.1 Å². The maximum atomic E-state index is 12.4. The van der Waals surface area contributed by atoms with E-state index in [0.717, 1.165) is 24.9 Å². The van der Waals surface area contributed by atoms with E-state index in [0.29, 0.717) is 10.0 Å². The molecule has 0 saturated heterocycles. The number of unbranched alkanes of at least 4 members (excludes halogenated alkanes) is 2. The molecule has 22 heavy (non-hydrogen) atoms. The Labute approximate surface area is 144 Å². The van der Waals surface area contributed by atoms with Crippen molar-refractivity contribution in [3.63, 3.8) is 0 Å². The summed E-state index contributed by atoms with van der Waals surface area (Å²) in [5, 5.41) is 1.03. The van der Waals surface area contributed by atoms with Crippen LogP contribution in [-0.2, 0) is 4.79 Å². The number of rotatable bonds is 9. The number of ketones is 1.